The number of nitrogens with one attached hydrogen (secondary N) is 1. The van der Waals surface area contributed by atoms with Crippen molar-refractivity contribution >= 4 is 11.4 Å². The van der Waals surface area contributed by atoms with E-state index in [4.69, 9.17) is 15.2 Å². The number of pyridine rings is 1. The topological polar surface area (TPSA) is 78.5 Å². The lowest BCUT2D eigenvalue weighted by Crippen LogP contribution is -2.29. The lowest BCUT2D eigenvalue weighted by Gasteiger charge is -2.29. The Morgan fingerprint density at radius 3 is 2.31 bits per heavy atom. The molecule has 6 rings (SSSR count). The van der Waals surface area contributed by atoms with Gasteiger partial charge in [-0.15, -0.1) is 0 Å². The Bertz CT molecular complexity index is 1870. The zero-order valence-corrected chi connectivity index (χ0v) is 26.4. The molecule has 3 aromatic carbocycles. The van der Waals surface area contributed by atoms with Gasteiger partial charge >= 0.3 is 0 Å². The zero-order valence-electron chi connectivity index (χ0n) is 26.4. The lowest BCUT2D eigenvalue weighted by atomic mass is 9.97. The Morgan fingerprint density at radius 2 is 1.65 bits per heavy atom. The van der Waals surface area contributed by atoms with Gasteiger partial charge in [0.15, 0.2) is 11.6 Å². The van der Waals surface area contributed by atoms with Crippen molar-refractivity contribution in [2.75, 3.05) is 18.9 Å². The Balaban J connectivity index is 1.11. The Labute approximate surface area is 276 Å². The summed E-state index contributed by atoms with van der Waals surface area (Å²) in [7, 11) is 0. The summed E-state index contributed by atoms with van der Waals surface area (Å²) in [5.41, 5.74) is 5.64. The standard InChI is InChI=1S/C38H37F4N3O3/c1-22(29-12-11-27(39)19-31(29)40)30-13-14-35(46)45(38(30)43)37-32(41)20-28(21-33(37)42)47-16-6-15-44-36(25-7-4-3-5-8-25)23(2)48-34-18-24-9-10-26(34)17-24/h3-5,7-8,11-14,19-21,24,26,34,36,44H,1-2,6,9-10,15-18,43H2/t24?,26?,34?,36-/m0/s1. The number of nitrogen functional groups attached to an aromatic ring is 1. The monoisotopic (exact) mass is 659 g/mol. The Hall–Kier alpha value is -4.83. The van der Waals surface area contributed by atoms with Crippen molar-refractivity contribution in [3.63, 3.8) is 0 Å². The molecule has 2 aliphatic carbocycles. The normalized spacial score (nSPS) is 18.9. The molecule has 0 aliphatic heterocycles. The molecule has 1 heterocycles. The number of halogens is 4. The third-order valence-corrected chi connectivity index (χ3v) is 9.29. The molecule has 2 saturated carbocycles. The third-order valence-electron chi connectivity index (χ3n) is 9.29. The lowest BCUT2D eigenvalue weighted by molar-refractivity contribution is 0.0564. The summed E-state index contributed by atoms with van der Waals surface area (Å²) in [5.74, 6) is -2.31. The predicted molar refractivity (Wildman–Crippen MR) is 178 cm³/mol. The van der Waals surface area contributed by atoms with Gasteiger partial charge in [-0.25, -0.2) is 17.6 Å². The maximum Gasteiger partial charge on any atom is 0.256 e. The van der Waals surface area contributed by atoms with E-state index in [0.717, 1.165) is 48.2 Å². The van der Waals surface area contributed by atoms with Gasteiger partial charge in [-0.05, 0) is 79.8 Å². The van der Waals surface area contributed by atoms with Gasteiger partial charge in [0.1, 0.15) is 40.8 Å². The van der Waals surface area contributed by atoms with Crippen LogP contribution >= 0.6 is 0 Å². The van der Waals surface area contributed by atoms with Crippen LogP contribution in [0.2, 0.25) is 0 Å². The maximum atomic E-state index is 15.4. The van der Waals surface area contributed by atoms with Crippen molar-refractivity contribution in [3.05, 3.63) is 142 Å². The molecule has 10 heteroatoms. The third kappa shape index (κ3) is 6.89. The highest BCUT2D eigenvalue weighted by Crippen LogP contribution is 2.47. The first-order valence-electron chi connectivity index (χ1n) is 16.0. The van der Waals surface area contributed by atoms with Crippen LogP contribution in [0.3, 0.4) is 0 Å². The summed E-state index contributed by atoms with van der Waals surface area (Å²) in [6, 6.07) is 16.8. The fraction of sp³-hybridized carbons (Fsp3) is 0.289. The molecule has 2 fully saturated rings. The summed E-state index contributed by atoms with van der Waals surface area (Å²) < 4.78 is 71.4. The molecule has 250 valence electrons. The van der Waals surface area contributed by atoms with Crippen LogP contribution in [-0.2, 0) is 4.74 Å². The fourth-order valence-corrected chi connectivity index (χ4v) is 6.92. The van der Waals surface area contributed by atoms with E-state index in [1.54, 1.807) is 0 Å². The number of aromatic nitrogens is 1. The highest BCUT2D eigenvalue weighted by atomic mass is 19.1. The van der Waals surface area contributed by atoms with Crippen molar-refractivity contribution in [1.82, 2.24) is 9.88 Å². The summed E-state index contributed by atoms with van der Waals surface area (Å²) in [6.45, 7) is 8.72. The van der Waals surface area contributed by atoms with E-state index < -0.39 is 34.5 Å². The van der Waals surface area contributed by atoms with Crippen molar-refractivity contribution in [2.45, 2.75) is 44.2 Å². The minimum Gasteiger partial charge on any atom is -0.493 e. The quantitative estimate of drug-likeness (QED) is 0.0869. The number of rotatable bonds is 13. The number of ether oxygens (including phenoxy) is 2. The van der Waals surface area contributed by atoms with Crippen LogP contribution in [0.15, 0.2) is 96.5 Å². The molecule has 6 nitrogen and oxygen atoms in total. The Morgan fingerprint density at radius 1 is 0.917 bits per heavy atom. The molecule has 4 aromatic rings. The maximum absolute atomic E-state index is 15.4. The summed E-state index contributed by atoms with van der Waals surface area (Å²) in [4.78, 5) is 12.8. The number of nitrogens with two attached hydrogens (primary N) is 1. The highest BCUT2D eigenvalue weighted by Gasteiger charge is 2.41. The first-order valence-corrected chi connectivity index (χ1v) is 16.0. The highest BCUT2D eigenvalue weighted by molar-refractivity contribution is 5.83. The van der Waals surface area contributed by atoms with Crippen LogP contribution in [0, 0.1) is 35.1 Å². The number of nitrogens with zero attached hydrogens (tertiary/aromatic N) is 1. The van der Waals surface area contributed by atoms with E-state index in [-0.39, 0.29) is 47.0 Å². The van der Waals surface area contributed by atoms with Gasteiger partial charge in [0.2, 0.25) is 0 Å². The van der Waals surface area contributed by atoms with Gasteiger partial charge in [0.05, 0.1) is 12.6 Å². The molecule has 0 amide bonds. The smallest absolute Gasteiger partial charge is 0.256 e. The first-order chi connectivity index (χ1) is 23.1. The average molecular weight is 660 g/mol. The van der Waals surface area contributed by atoms with Crippen molar-refractivity contribution < 1.29 is 27.0 Å². The molecule has 2 aliphatic rings. The van der Waals surface area contributed by atoms with Gasteiger partial charge in [0, 0.05) is 35.4 Å². The second-order valence-corrected chi connectivity index (χ2v) is 12.4. The molecule has 48 heavy (non-hydrogen) atoms. The van der Waals surface area contributed by atoms with Crippen LogP contribution in [0.4, 0.5) is 23.4 Å². The Kier molecular flexibility index (Phi) is 9.73. The van der Waals surface area contributed by atoms with Crippen LogP contribution in [-0.4, -0.2) is 23.8 Å². The van der Waals surface area contributed by atoms with E-state index in [0.29, 0.717) is 35.3 Å². The van der Waals surface area contributed by atoms with E-state index >= 15 is 8.78 Å². The second-order valence-electron chi connectivity index (χ2n) is 12.4. The summed E-state index contributed by atoms with van der Waals surface area (Å²) in [5, 5.41) is 3.48. The van der Waals surface area contributed by atoms with Gasteiger partial charge in [-0.2, -0.15) is 0 Å². The van der Waals surface area contributed by atoms with Crippen LogP contribution in [0.1, 0.15) is 54.8 Å². The molecule has 0 spiro atoms. The van der Waals surface area contributed by atoms with Crippen LogP contribution < -0.4 is 21.3 Å². The van der Waals surface area contributed by atoms with E-state index in [2.05, 4.69) is 18.5 Å². The SMILES string of the molecule is C=C(c1ccc(F)cc1F)c1ccc(=O)n(-c2c(F)cc(OCCCN[C@@H](C(=C)OC3CC4CCC3C4)c3ccccc3)cc2F)c1N. The van der Waals surface area contributed by atoms with Gasteiger partial charge < -0.3 is 20.5 Å². The predicted octanol–water partition coefficient (Wildman–Crippen LogP) is 7.86. The summed E-state index contributed by atoms with van der Waals surface area (Å²) >= 11 is 0. The second kappa shape index (κ2) is 14.1. The fourth-order valence-electron chi connectivity index (χ4n) is 6.92. The molecule has 1 aromatic heterocycles. The number of hydrogen-bond acceptors (Lipinski definition) is 5. The molecular weight excluding hydrogens is 622 g/mol. The molecule has 4 atom stereocenters. The van der Waals surface area contributed by atoms with Crippen LogP contribution in [0.25, 0.3) is 11.3 Å². The molecule has 2 bridgehead atoms. The zero-order chi connectivity index (χ0) is 33.9. The molecule has 3 N–H and O–H groups in total. The molecular formula is C38H37F4N3O3. The van der Waals surface area contributed by atoms with Crippen molar-refractivity contribution in [1.29, 1.82) is 0 Å². The molecule has 0 saturated heterocycles. The van der Waals surface area contributed by atoms with Gasteiger partial charge in [-0.3, -0.25) is 9.36 Å². The van der Waals surface area contributed by atoms with Gasteiger partial charge in [-0.1, -0.05) is 43.5 Å². The van der Waals surface area contributed by atoms with E-state index in [1.807, 2.05) is 30.3 Å². The van der Waals surface area contributed by atoms with Crippen molar-refractivity contribution in [3.8, 4) is 11.4 Å². The average Bonchev–Trinajstić information content (AvgIpc) is 3.68. The van der Waals surface area contributed by atoms with Gasteiger partial charge in [0.25, 0.3) is 5.56 Å². The summed E-state index contributed by atoms with van der Waals surface area (Å²) in [6.07, 6.45) is 5.49. The minimum atomic E-state index is -1.09. The first kappa shape index (κ1) is 33.1. The van der Waals surface area contributed by atoms with Crippen molar-refractivity contribution in [2.24, 2.45) is 11.8 Å². The van der Waals surface area contributed by atoms with Crippen LogP contribution in [0.5, 0.6) is 5.75 Å². The largest absolute Gasteiger partial charge is 0.493 e. The number of benzene rings is 3. The number of anilines is 1. The number of fused-ring (bicyclic) bond motifs is 2. The van der Waals surface area contributed by atoms with E-state index in [9.17, 15) is 13.6 Å². The van der Waals surface area contributed by atoms with E-state index in [1.165, 1.54) is 25.3 Å². The molecule has 3 unspecified atom stereocenters. The molecule has 0 radical (unpaired) electrons. The number of hydrogen-bond donors (Lipinski definition) is 2. The minimum absolute atomic E-state index is 0.00306.